The first kappa shape index (κ1) is 13.5. The molecule has 0 spiro atoms. The van der Waals surface area contributed by atoms with E-state index < -0.39 is 0 Å². The van der Waals surface area contributed by atoms with Crippen LogP contribution < -0.4 is 5.73 Å². The highest BCUT2D eigenvalue weighted by atomic mass is 35.5. The van der Waals surface area contributed by atoms with Crippen molar-refractivity contribution in [3.05, 3.63) is 29.6 Å². The molecule has 1 heterocycles. The number of nitrogens with zero attached hydrogens (tertiary/aromatic N) is 1. The Bertz CT molecular complexity index is 321. The standard InChI is InChI=1S/C13H20N2.ClH/c1-10-6-5-9-12(15-10)13(14)11-7-3-2-4-8-11;/h5-6,9,11,13H,2-4,7-8,14H2,1H3;1H/t13-;/m1./s1. The van der Waals surface area contributed by atoms with Crippen LogP contribution in [0.25, 0.3) is 0 Å². The van der Waals surface area contributed by atoms with Crippen molar-refractivity contribution in [2.45, 2.75) is 45.1 Å². The van der Waals surface area contributed by atoms with E-state index in [4.69, 9.17) is 5.73 Å². The van der Waals surface area contributed by atoms with Crippen molar-refractivity contribution in [3.8, 4) is 0 Å². The highest BCUT2D eigenvalue weighted by molar-refractivity contribution is 5.85. The maximum absolute atomic E-state index is 6.28. The second-order valence-electron chi connectivity index (χ2n) is 4.63. The minimum Gasteiger partial charge on any atom is -0.322 e. The molecule has 0 radical (unpaired) electrons. The maximum Gasteiger partial charge on any atom is 0.0577 e. The molecule has 0 bridgehead atoms. The van der Waals surface area contributed by atoms with Crippen LogP contribution in [0.4, 0.5) is 0 Å². The summed E-state index contributed by atoms with van der Waals surface area (Å²) in [5, 5.41) is 0. The third-order valence-corrected chi connectivity index (χ3v) is 3.41. The fourth-order valence-electron chi connectivity index (χ4n) is 2.48. The Kier molecular flexibility index (Phi) is 5.23. The average molecular weight is 241 g/mol. The van der Waals surface area contributed by atoms with Crippen molar-refractivity contribution < 1.29 is 0 Å². The molecule has 2 rings (SSSR count). The van der Waals surface area contributed by atoms with Gasteiger partial charge in [0, 0.05) is 11.7 Å². The summed E-state index contributed by atoms with van der Waals surface area (Å²) in [6.07, 6.45) is 6.60. The minimum absolute atomic E-state index is 0. The minimum atomic E-state index is 0. The van der Waals surface area contributed by atoms with Gasteiger partial charge in [-0.3, -0.25) is 4.98 Å². The van der Waals surface area contributed by atoms with Gasteiger partial charge in [0.25, 0.3) is 0 Å². The van der Waals surface area contributed by atoms with Gasteiger partial charge in [-0.15, -0.1) is 12.4 Å². The van der Waals surface area contributed by atoms with E-state index in [1.807, 2.05) is 13.0 Å². The van der Waals surface area contributed by atoms with E-state index in [-0.39, 0.29) is 18.4 Å². The van der Waals surface area contributed by atoms with Gasteiger partial charge in [0.2, 0.25) is 0 Å². The maximum atomic E-state index is 6.28. The Morgan fingerprint density at radius 3 is 2.56 bits per heavy atom. The average Bonchev–Trinajstić information content (AvgIpc) is 2.29. The van der Waals surface area contributed by atoms with Crippen LogP contribution in [0.1, 0.15) is 49.5 Å². The van der Waals surface area contributed by atoms with E-state index >= 15 is 0 Å². The molecule has 3 heteroatoms. The van der Waals surface area contributed by atoms with E-state index in [0.717, 1.165) is 11.4 Å². The lowest BCUT2D eigenvalue weighted by Gasteiger charge is -2.27. The van der Waals surface area contributed by atoms with E-state index in [1.54, 1.807) is 0 Å². The predicted molar refractivity (Wildman–Crippen MR) is 69.7 cm³/mol. The Labute approximate surface area is 104 Å². The number of aryl methyl sites for hydroxylation is 1. The molecular weight excluding hydrogens is 220 g/mol. The van der Waals surface area contributed by atoms with Gasteiger partial charge in [-0.25, -0.2) is 0 Å². The van der Waals surface area contributed by atoms with Gasteiger partial charge in [-0.1, -0.05) is 25.3 Å². The molecule has 1 atom stereocenters. The second kappa shape index (κ2) is 6.21. The van der Waals surface area contributed by atoms with Gasteiger partial charge in [0.05, 0.1) is 5.69 Å². The molecule has 1 aromatic heterocycles. The summed E-state index contributed by atoms with van der Waals surface area (Å²) in [5.74, 6) is 0.646. The zero-order valence-corrected chi connectivity index (χ0v) is 10.7. The first-order chi connectivity index (χ1) is 7.27. The number of pyridine rings is 1. The van der Waals surface area contributed by atoms with Crippen LogP contribution in [-0.4, -0.2) is 4.98 Å². The summed E-state index contributed by atoms with van der Waals surface area (Å²) in [7, 11) is 0. The number of rotatable bonds is 2. The Hall–Kier alpha value is -0.600. The van der Waals surface area contributed by atoms with Gasteiger partial charge in [0.1, 0.15) is 0 Å². The summed E-state index contributed by atoms with van der Waals surface area (Å²) in [4.78, 5) is 4.52. The fourth-order valence-corrected chi connectivity index (χ4v) is 2.48. The van der Waals surface area contributed by atoms with Crippen molar-refractivity contribution in [2.24, 2.45) is 11.7 Å². The number of aromatic nitrogens is 1. The van der Waals surface area contributed by atoms with E-state index in [2.05, 4.69) is 17.1 Å². The summed E-state index contributed by atoms with van der Waals surface area (Å²) in [6.45, 7) is 2.02. The Balaban J connectivity index is 0.00000128. The molecule has 0 unspecified atom stereocenters. The van der Waals surface area contributed by atoms with Crippen LogP contribution in [0.2, 0.25) is 0 Å². The molecule has 1 aliphatic carbocycles. The van der Waals surface area contributed by atoms with E-state index in [9.17, 15) is 0 Å². The van der Waals surface area contributed by atoms with E-state index in [0.29, 0.717) is 5.92 Å². The highest BCUT2D eigenvalue weighted by Gasteiger charge is 2.22. The molecule has 0 saturated heterocycles. The van der Waals surface area contributed by atoms with Crippen molar-refractivity contribution in [1.82, 2.24) is 4.98 Å². The van der Waals surface area contributed by atoms with Crippen molar-refractivity contribution >= 4 is 12.4 Å². The number of halogens is 1. The molecule has 1 aromatic rings. The van der Waals surface area contributed by atoms with E-state index in [1.165, 1.54) is 32.1 Å². The molecule has 0 aliphatic heterocycles. The predicted octanol–water partition coefficient (Wildman–Crippen LogP) is 3.39. The van der Waals surface area contributed by atoms with Crippen molar-refractivity contribution in [2.75, 3.05) is 0 Å². The summed E-state index contributed by atoms with van der Waals surface area (Å²) in [5.41, 5.74) is 8.42. The Morgan fingerprint density at radius 2 is 1.94 bits per heavy atom. The molecule has 2 N–H and O–H groups in total. The topological polar surface area (TPSA) is 38.9 Å². The monoisotopic (exact) mass is 240 g/mol. The fraction of sp³-hybridized carbons (Fsp3) is 0.615. The van der Waals surface area contributed by atoms with Crippen LogP contribution in [-0.2, 0) is 0 Å². The quantitative estimate of drug-likeness (QED) is 0.861. The third kappa shape index (κ3) is 3.19. The smallest absolute Gasteiger partial charge is 0.0577 e. The largest absolute Gasteiger partial charge is 0.322 e. The first-order valence-corrected chi connectivity index (χ1v) is 5.96. The van der Waals surface area contributed by atoms with Crippen LogP contribution in [0.5, 0.6) is 0 Å². The zero-order valence-electron chi connectivity index (χ0n) is 9.86. The van der Waals surface area contributed by atoms with Crippen molar-refractivity contribution in [3.63, 3.8) is 0 Å². The van der Waals surface area contributed by atoms with Crippen LogP contribution in [0.3, 0.4) is 0 Å². The lowest BCUT2D eigenvalue weighted by Crippen LogP contribution is -2.24. The van der Waals surface area contributed by atoms with Crippen LogP contribution in [0.15, 0.2) is 18.2 Å². The lowest BCUT2D eigenvalue weighted by molar-refractivity contribution is 0.304. The van der Waals surface area contributed by atoms with Gasteiger partial charge < -0.3 is 5.73 Å². The van der Waals surface area contributed by atoms with Gasteiger partial charge >= 0.3 is 0 Å². The van der Waals surface area contributed by atoms with Gasteiger partial charge in [0.15, 0.2) is 0 Å². The van der Waals surface area contributed by atoms with Crippen molar-refractivity contribution in [1.29, 1.82) is 0 Å². The molecule has 1 fully saturated rings. The SMILES string of the molecule is Cc1cccc([C@H](N)C2CCCCC2)n1.Cl. The summed E-state index contributed by atoms with van der Waals surface area (Å²) in [6, 6.07) is 6.29. The molecule has 90 valence electrons. The molecule has 0 aromatic carbocycles. The van der Waals surface area contributed by atoms with Crippen LogP contribution >= 0.6 is 12.4 Å². The summed E-state index contributed by atoms with van der Waals surface area (Å²) >= 11 is 0. The zero-order chi connectivity index (χ0) is 10.7. The highest BCUT2D eigenvalue weighted by Crippen LogP contribution is 2.32. The summed E-state index contributed by atoms with van der Waals surface area (Å²) < 4.78 is 0. The number of hydrogen-bond acceptors (Lipinski definition) is 2. The first-order valence-electron chi connectivity index (χ1n) is 5.96. The molecular formula is C13H21ClN2. The van der Waals surface area contributed by atoms with Gasteiger partial charge in [-0.2, -0.15) is 0 Å². The molecule has 1 saturated carbocycles. The normalized spacial score (nSPS) is 18.9. The second-order valence-corrected chi connectivity index (χ2v) is 4.63. The molecule has 2 nitrogen and oxygen atoms in total. The molecule has 16 heavy (non-hydrogen) atoms. The number of hydrogen-bond donors (Lipinski definition) is 1. The van der Waals surface area contributed by atoms with Crippen LogP contribution in [0, 0.1) is 12.8 Å². The van der Waals surface area contributed by atoms with Gasteiger partial charge in [-0.05, 0) is 37.8 Å². The lowest BCUT2D eigenvalue weighted by atomic mass is 9.83. The third-order valence-electron chi connectivity index (χ3n) is 3.41. The molecule has 1 aliphatic rings. The number of nitrogens with two attached hydrogens (primary N) is 1. The molecule has 0 amide bonds. The Morgan fingerprint density at radius 1 is 1.25 bits per heavy atom.